The van der Waals surface area contributed by atoms with E-state index >= 15 is 0 Å². The van der Waals surface area contributed by atoms with Crippen molar-refractivity contribution in [3.05, 3.63) is 0 Å². The molecule has 2 rings (SSSR count). The summed E-state index contributed by atoms with van der Waals surface area (Å²) in [5.74, 6) is 0.789. The van der Waals surface area contributed by atoms with E-state index in [0.717, 1.165) is 12.5 Å². The average Bonchev–Trinajstić information content (AvgIpc) is 2.62. The highest BCUT2D eigenvalue weighted by molar-refractivity contribution is 4.95. The number of rotatable bonds is 1. The molecule has 0 aromatic carbocycles. The van der Waals surface area contributed by atoms with E-state index in [4.69, 9.17) is 4.74 Å². The molecule has 58 valence electrons. The van der Waals surface area contributed by atoms with Gasteiger partial charge in [-0.25, -0.2) is 0 Å². The molecule has 1 saturated heterocycles. The highest BCUT2D eigenvalue weighted by Crippen LogP contribution is 2.42. The van der Waals surface area contributed by atoms with Gasteiger partial charge in [0, 0.05) is 12.5 Å². The van der Waals surface area contributed by atoms with Crippen LogP contribution in [0.15, 0.2) is 0 Å². The van der Waals surface area contributed by atoms with Gasteiger partial charge in [0.25, 0.3) is 0 Å². The first-order valence-electron chi connectivity index (χ1n) is 4.13. The molecule has 10 heavy (non-hydrogen) atoms. The summed E-state index contributed by atoms with van der Waals surface area (Å²) in [6.45, 7) is 5.32. The van der Waals surface area contributed by atoms with Crippen LogP contribution in [-0.2, 0) is 4.74 Å². The average molecular weight is 141 g/mol. The molecule has 1 saturated carbocycles. The Morgan fingerprint density at radius 2 is 2.20 bits per heavy atom. The molecule has 2 unspecified atom stereocenters. The van der Waals surface area contributed by atoms with Gasteiger partial charge in [0.15, 0.2) is 0 Å². The van der Waals surface area contributed by atoms with Crippen molar-refractivity contribution in [3.8, 4) is 0 Å². The first-order valence-corrected chi connectivity index (χ1v) is 4.13. The van der Waals surface area contributed by atoms with Crippen LogP contribution in [0, 0.1) is 5.92 Å². The lowest BCUT2D eigenvalue weighted by molar-refractivity contribution is -0.0459. The summed E-state index contributed by atoms with van der Waals surface area (Å²) in [4.78, 5) is 0. The van der Waals surface area contributed by atoms with Gasteiger partial charge < -0.3 is 4.74 Å². The highest BCUT2D eigenvalue weighted by atomic mass is 16.5. The number of hydrogen-bond donors (Lipinski definition) is 1. The standard InChI is InChI=1S/C8H15NO/c1-6-5-9-8(2,10-6)7-3-4-7/h6-7,9H,3-5H2,1-2H3. The van der Waals surface area contributed by atoms with Crippen LogP contribution in [0.25, 0.3) is 0 Å². The van der Waals surface area contributed by atoms with E-state index < -0.39 is 0 Å². The third-order valence-corrected chi connectivity index (χ3v) is 2.54. The number of nitrogens with one attached hydrogen (secondary N) is 1. The Kier molecular flexibility index (Phi) is 1.29. The Hall–Kier alpha value is -0.0800. The van der Waals surface area contributed by atoms with E-state index in [1.165, 1.54) is 12.8 Å². The first kappa shape index (κ1) is 6.62. The molecule has 1 N–H and O–H groups in total. The Labute approximate surface area is 61.9 Å². The minimum absolute atomic E-state index is 0.0272. The summed E-state index contributed by atoms with van der Waals surface area (Å²) in [5, 5.41) is 3.42. The second-order valence-corrected chi connectivity index (χ2v) is 3.69. The van der Waals surface area contributed by atoms with Crippen molar-refractivity contribution < 1.29 is 4.74 Å². The summed E-state index contributed by atoms with van der Waals surface area (Å²) in [7, 11) is 0. The fourth-order valence-electron chi connectivity index (χ4n) is 1.72. The van der Waals surface area contributed by atoms with Gasteiger partial charge in [0.2, 0.25) is 0 Å². The summed E-state index contributed by atoms with van der Waals surface area (Å²) < 4.78 is 5.76. The smallest absolute Gasteiger partial charge is 0.119 e. The molecule has 0 bridgehead atoms. The molecule has 1 aliphatic carbocycles. The molecule has 0 radical (unpaired) electrons. The minimum Gasteiger partial charge on any atom is -0.356 e. The topological polar surface area (TPSA) is 21.3 Å². The summed E-state index contributed by atoms with van der Waals surface area (Å²) in [6, 6.07) is 0. The van der Waals surface area contributed by atoms with Crippen molar-refractivity contribution in [2.45, 2.75) is 38.5 Å². The molecular weight excluding hydrogens is 126 g/mol. The Balaban J connectivity index is 2.01. The molecule has 2 aliphatic rings. The Morgan fingerprint density at radius 1 is 1.50 bits per heavy atom. The number of ether oxygens (including phenoxy) is 1. The molecule has 0 spiro atoms. The van der Waals surface area contributed by atoms with Gasteiger partial charge in [-0.15, -0.1) is 0 Å². The quantitative estimate of drug-likeness (QED) is 0.591. The van der Waals surface area contributed by atoms with Gasteiger partial charge in [-0.05, 0) is 26.7 Å². The van der Waals surface area contributed by atoms with Gasteiger partial charge in [-0.2, -0.15) is 0 Å². The molecular formula is C8H15NO. The van der Waals surface area contributed by atoms with Crippen LogP contribution < -0.4 is 5.32 Å². The fourth-order valence-corrected chi connectivity index (χ4v) is 1.72. The fraction of sp³-hybridized carbons (Fsp3) is 1.00. The lowest BCUT2D eigenvalue weighted by Gasteiger charge is -2.23. The monoisotopic (exact) mass is 141 g/mol. The second kappa shape index (κ2) is 1.95. The molecule has 1 aliphatic heterocycles. The van der Waals surface area contributed by atoms with Crippen LogP contribution >= 0.6 is 0 Å². The third kappa shape index (κ3) is 0.956. The van der Waals surface area contributed by atoms with Crippen molar-refractivity contribution in [1.29, 1.82) is 0 Å². The van der Waals surface area contributed by atoms with E-state index in [1.54, 1.807) is 0 Å². The van der Waals surface area contributed by atoms with Crippen LogP contribution in [0.4, 0.5) is 0 Å². The lowest BCUT2D eigenvalue weighted by Crippen LogP contribution is -2.39. The molecule has 2 atom stereocenters. The molecule has 1 heterocycles. The van der Waals surface area contributed by atoms with E-state index in [1.807, 2.05) is 0 Å². The van der Waals surface area contributed by atoms with Gasteiger partial charge in [0.1, 0.15) is 5.72 Å². The van der Waals surface area contributed by atoms with Gasteiger partial charge >= 0.3 is 0 Å². The molecule has 2 fully saturated rings. The van der Waals surface area contributed by atoms with E-state index in [-0.39, 0.29) is 5.72 Å². The SMILES string of the molecule is CC1CNC(C)(C2CC2)O1. The van der Waals surface area contributed by atoms with Crippen LogP contribution in [-0.4, -0.2) is 18.4 Å². The van der Waals surface area contributed by atoms with Crippen LogP contribution in [0.2, 0.25) is 0 Å². The van der Waals surface area contributed by atoms with Crippen molar-refractivity contribution in [2.24, 2.45) is 5.92 Å². The first-order chi connectivity index (χ1) is 4.71. The van der Waals surface area contributed by atoms with Gasteiger partial charge in [0.05, 0.1) is 6.10 Å². The number of hydrogen-bond acceptors (Lipinski definition) is 2. The summed E-state index contributed by atoms with van der Waals surface area (Å²) in [6.07, 6.45) is 3.09. The molecule has 0 aromatic heterocycles. The molecule has 0 amide bonds. The van der Waals surface area contributed by atoms with Crippen LogP contribution in [0.5, 0.6) is 0 Å². The maximum absolute atomic E-state index is 5.76. The third-order valence-electron chi connectivity index (χ3n) is 2.54. The van der Waals surface area contributed by atoms with E-state index in [0.29, 0.717) is 6.10 Å². The van der Waals surface area contributed by atoms with E-state index in [2.05, 4.69) is 19.2 Å². The van der Waals surface area contributed by atoms with Crippen molar-refractivity contribution >= 4 is 0 Å². The van der Waals surface area contributed by atoms with Crippen LogP contribution in [0.1, 0.15) is 26.7 Å². The van der Waals surface area contributed by atoms with Gasteiger partial charge in [-0.1, -0.05) is 0 Å². The molecule has 0 aromatic rings. The van der Waals surface area contributed by atoms with Crippen molar-refractivity contribution in [3.63, 3.8) is 0 Å². The molecule has 2 nitrogen and oxygen atoms in total. The largest absolute Gasteiger partial charge is 0.356 e. The highest BCUT2D eigenvalue weighted by Gasteiger charge is 2.46. The zero-order valence-electron chi connectivity index (χ0n) is 6.68. The predicted molar refractivity (Wildman–Crippen MR) is 39.7 cm³/mol. The maximum Gasteiger partial charge on any atom is 0.119 e. The molecule has 2 heteroatoms. The Morgan fingerprint density at radius 3 is 2.60 bits per heavy atom. The second-order valence-electron chi connectivity index (χ2n) is 3.69. The zero-order valence-corrected chi connectivity index (χ0v) is 6.68. The Bertz CT molecular complexity index is 144. The minimum atomic E-state index is 0.0272. The lowest BCUT2D eigenvalue weighted by atomic mass is 10.1. The van der Waals surface area contributed by atoms with Crippen LogP contribution in [0.3, 0.4) is 0 Å². The van der Waals surface area contributed by atoms with Crippen molar-refractivity contribution in [2.75, 3.05) is 6.54 Å². The summed E-state index contributed by atoms with van der Waals surface area (Å²) in [5.41, 5.74) is 0.0272. The van der Waals surface area contributed by atoms with E-state index in [9.17, 15) is 0 Å². The predicted octanol–water partition coefficient (Wildman–Crippen LogP) is 1.12. The van der Waals surface area contributed by atoms with Gasteiger partial charge in [-0.3, -0.25) is 5.32 Å². The summed E-state index contributed by atoms with van der Waals surface area (Å²) >= 11 is 0. The van der Waals surface area contributed by atoms with Crippen molar-refractivity contribution in [1.82, 2.24) is 5.32 Å². The normalized spacial score (nSPS) is 48.0. The maximum atomic E-state index is 5.76. The zero-order chi connectivity index (χ0) is 7.19.